The van der Waals surface area contributed by atoms with Crippen LogP contribution in [0.4, 0.5) is 0 Å². The van der Waals surface area contributed by atoms with Gasteiger partial charge >= 0.3 is 5.97 Å². The zero-order valence-corrected chi connectivity index (χ0v) is 9.39. The molecule has 1 heterocycles. The van der Waals surface area contributed by atoms with E-state index in [1.807, 2.05) is 12.3 Å². The van der Waals surface area contributed by atoms with Crippen molar-refractivity contribution >= 4 is 17.3 Å². The fourth-order valence-corrected chi connectivity index (χ4v) is 1.63. The van der Waals surface area contributed by atoms with Crippen LogP contribution < -0.4 is 0 Å². The first-order valence-corrected chi connectivity index (χ1v) is 5.67. The van der Waals surface area contributed by atoms with Crippen LogP contribution in [0.15, 0.2) is 5.38 Å². The maximum Gasteiger partial charge on any atom is 0.311 e. The Balaban J connectivity index is 2.27. The third-order valence-electron chi connectivity index (χ3n) is 1.75. The molecule has 1 rings (SSSR count). The maximum absolute atomic E-state index is 11.2. The van der Waals surface area contributed by atoms with E-state index < -0.39 is 0 Å². The number of hydrogen-bond acceptors (Lipinski definition) is 4. The molecule has 0 aliphatic carbocycles. The molecule has 0 amide bonds. The Labute approximate surface area is 88.1 Å². The average Bonchev–Trinajstić information content (AvgIpc) is 2.52. The van der Waals surface area contributed by atoms with Crippen LogP contribution in [0.3, 0.4) is 0 Å². The zero-order chi connectivity index (χ0) is 10.4. The van der Waals surface area contributed by atoms with E-state index in [0.29, 0.717) is 13.0 Å². The predicted octanol–water partition coefficient (Wildman–Crippen LogP) is 2.34. The minimum absolute atomic E-state index is 0.177. The minimum atomic E-state index is -0.177. The number of carbonyl (C=O) groups excluding carboxylic acids is 1. The second kappa shape index (κ2) is 5.75. The second-order valence-corrected chi connectivity index (χ2v) is 4.17. The van der Waals surface area contributed by atoms with Crippen LogP contribution in [0.25, 0.3) is 0 Å². The van der Waals surface area contributed by atoms with Gasteiger partial charge in [0.25, 0.3) is 0 Å². The predicted molar refractivity (Wildman–Crippen MR) is 56.4 cm³/mol. The van der Waals surface area contributed by atoms with Gasteiger partial charge in [-0.1, -0.05) is 13.3 Å². The van der Waals surface area contributed by atoms with Gasteiger partial charge in [-0.3, -0.25) is 4.79 Å². The van der Waals surface area contributed by atoms with E-state index in [9.17, 15) is 4.79 Å². The number of hydrogen-bond donors (Lipinski definition) is 0. The van der Waals surface area contributed by atoms with Crippen molar-refractivity contribution in [3.8, 4) is 0 Å². The van der Waals surface area contributed by atoms with Crippen molar-refractivity contribution in [2.75, 3.05) is 6.61 Å². The molecule has 0 saturated carbocycles. The monoisotopic (exact) mass is 213 g/mol. The van der Waals surface area contributed by atoms with Crippen molar-refractivity contribution in [3.63, 3.8) is 0 Å². The number of esters is 1. The summed E-state index contributed by atoms with van der Waals surface area (Å²) in [7, 11) is 0. The lowest BCUT2D eigenvalue weighted by molar-refractivity contribution is -0.142. The van der Waals surface area contributed by atoms with Gasteiger partial charge in [0.2, 0.25) is 0 Å². The van der Waals surface area contributed by atoms with E-state index in [1.165, 1.54) is 0 Å². The van der Waals surface area contributed by atoms with Crippen molar-refractivity contribution < 1.29 is 9.53 Å². The molecular weight excluding hydrogens is 198 g/mol. The Morgan fingerprint density at radius 2 is 2.43 bits per heavy atom. The lowest BCUT2D eigenvalue weighted by Crippen LogP contribution is -2.09. The standard InChI is InChI=1S/C10H15NO2S/c1-3-4-5-13-10(12)6-9-7-14-8(2)11-9/h7H,3-6H2,1-2H3. The van der Waals surface area contributed by atoms with E-state index in [1.54, 1.807) is 11.3 Å². The normalized spacial score (nSPS) is 10.1. The topological polar surface area (TPSA) is 39.2 Å². The Kier molecular flexibility index (Phi) is 4.59. The van der Waals surface area contributed by atoms with Crippen LogP contribution in [0.5, 0.6) is 0 Å². The van der Waals surface area contributed by atoms with Crippen molar-refractivity contribution in [2.24, 2.45) is 0 Å². The van der Waals surface area contributed by atoms with Gasteiger partial charge in [0.15, 0.2) is 0 Å². The molecule has 1 aromatic rings. The molecule has 0 aliphatic heterocycles. The Hall–Kier alpha value is -0.900. The molecule has 0 unspecified atom stereocenters. The van der Waals surface area contributed by atoms with Crippen LogP contribution in [0.1, 0.15) is 30.5 Å². The maximum atomic E-state index is 11.2. The van der Waals surface area contributed by atoms with Crippen molar-refractivity contribution in [2.45, 2.75) is 33.1 Å². The van der Waals surface area contributed by atoms with Crippen LogP contribution in [0.2, 0.25) is 0 Å². The number of nitrogens with zero attached hydrogens (tertiary/aromatic N) is 1. The molecule has 0 radical (unpaired) electrons. The fourth-order valence-electron chi connectivity index (χ4n) is 1.02. The average molecular weight is 213 g/mol. The summed E-state index contributed by atoms with van der Waals surface area (Å²) in [6, 6.07) is 0. The summed E-state index contributed by atoms with van der Waals surface area (Å²) >= 11 is 1.56. The van der Waals surface area contributed by atoms with Gasteiger partial charge < -0.3 is 4.74 Å². The Bertz CT molecular complexity index is 296. The highest BCUT2D eigenvalue weighted by Gasteiger charge is 2.06. The zero-order valence-electron chi connectivity index (χ0n) is 8.58. The lowest BCUT2D eigenvalue weighted by atomic mass is 10.3. The van der Waals surface area contributed by atoms with E-state index in [2.05, 4.69) is 11.9 Å². The minimum Gasteiger partial charge on any atom is -0.465 e. The smallest absolute Gasteiger partial charge is 0.311 e. The van der Waals surface area contributed by atoms with Gasteiger partial charge in [-0.2, -0.15) is 0 Å². The number of thiazole rings is 1. The van der Waals surface area contributed by atoms with Crippen LogP contribution >= 0.6 is 11.3 Å². The number of aryl methyl sites for hydroxylation is 1. The molecule has 0 atom stereocenters. The third-order valence-corrected chi connectivity index (χ3v) is 2.58. The number of unbranched alkanes of at least 4 members (excludes halogenated alkanes) is 1. The third kappa shape index (κ3) is 3.87. The second-order valence-electron chi connectivity index (χ2n) is 3.11. The highest BCUT2D eigenvalue weighted by Crippen LogP contribution is 2.08. The summed E-state index contributed by atoms with van der Waals surface area (Å²) in [6.07, 6.45) is 2.28. The van der Waals surface area contributed by atoms with Crippen molar-refractivity contribution in [3.05, 3.63) is 16.1 Å². The number of rotatable bonds is 5. The van der Waals surface area contributed by atoms with Crippen LogP contribution in [-0.2, 0) is 16.0 Å². The molecule has 0 bridgehead atoms. The summed E-state index contributed by atoms with van der Waals surface area (Å²) in [5, 5.41) is 2.89. The molecule has 14 heavy (non-hydrogen) atoms. The summed E-state index contributed by atoms with van der Waals surface area (Å²) in [4.78, 5) is 15.4. The Morgan fingerprint density at radius 1 is 1.64 bits per heavy atom. The quantitative estimate of drug-likeness (QED) is 0.556. The highest BCUT2D eigenvalue weighted by molar-refractivity contribution is 7.09. The van der Waals surface area contributed by atoms with Gasteiger partial charge in [-0.15, -0.1) is 11.3 Å². The SMILES string of the molecule is CCCCOC(=O)Cc1csc(C)n1. The molecule has 0 N–H and O–H groups in total. The van der Waals surface area contributed by atoms with Gasteiger partial charge in [-0.05, 0) is 13.3 Å². The molecule has 78 valence electrons. The molecule has 0 saturated heterocycles. The van der Waals surface area contributed by atoms with E-state index >= 15 is 0 Å². The fraction of sp³-hybridized carbons (Fsp3) is 0.600. The van der Waals surface area contributed by atoms with Gasteiger partial charge in [0.1, 0.15) is 0 Å². The van der Waals surface area contributed by atoms with Gasteiger partial charge in [-0.25, -0.2) is 4.98 Å². The molecule has 0 aliphatic rings. The van der Waals surface area contributed by atoms with Gasteiger partial charge in [0, 0.05) is 5.38 Å². The van der Waals surface area contributed by atoms with E-state index in [-0.39, 0.29) is 5.97 Å². The van der Waals surface area contributed by atoms with Crippen molar-refractivity contribution in [1.29, 1.82) is 0 Å². The number of carbonyl (C=O) groups is 1. The largest absolute Gasteiger partial charge is 0.465 e. The summed E-state index contributed by atoms with van der Waals surface area (Å²) in [5.41, 5.74) is 0.814. The number of ether oxygens (including phenoxy) is 1. The Morgan fingerprint density at radius 3 is 3.00 bits per heavy atom. The summed E-state index contributed by atoms with van der Waals surface area (Å²) in [6.45, 7) is 4.52. The first-order valence-electron chi connectivity index (χ1n) is 4.79. The first-order chi connectivity index (χ1) is 6.72. The summed E-state index contributed by atoms with van der Waals surface area (Å²) in [5.74, 6) is -0.177. The van der Waals surface area contributed by atoms with E-state index in [4.69, 9.17) is 4.74 Å². The first kappa shape index (κ1) is 11.2. The summed E-state index contributed by atoms with van der Waals surface area (Å²) < 4.78 is 5.02. The molecule has 0 fully saturated rings. The van der Waals surface area contributed by atoms with Gasteiger partial charge in [0.05, 0.1) is 23.7 Å². The molecular formula is C10H15NO2S. The molecule has 3 nitrogen and oxygen atoms in total. The molecule has 0 aromatic carbocycles. The molecule has 1 aromatic heterocycles. The van der Waals surface area contributed by atoms with Crippen LogP contribution in [0, 0.1) is 6.92 Å². The van der Waals surface area contributed by atoms with E-state index in [0.717, 1.165) is 23.5 Å². The highest BCUT2D eigenvalue weighted by atomic mass is 32.1. The van der Waals surface area contributed by atoms with Crippen molar-refractivity contribution in [1.82, 2.24) is 4.98 Å². The molecule has 4 heteroatoms. The van der Waals surface area contributed by atoms with Crippen LogP contribution in [-0.4, -0.2) is 17.6 Å². The lowest BCUT2D eigenvalue weighted by Gasteiger charge is -2.01. The number of aromatic nitrogens is 1. The molecule has 0 spiro atoms.